The van der Waals surface area contributed by atoms with Gasteiger partial charge in [0.15, 0.2) is 0 Å². The van der Waals surface area contributed by atoms with Crippen LogP contribution in [0.2, 0.25) is 0 Å². The molecule has 6 rings (SSSR count). The predicted molar refractivity (Wildman–Crippen MR) is 175 cm³/mol. The fraction of sp³-hybridized carbons (Fsp3) is 0.472. The lowest BCUT2D eigenvalue weighted by atomic mass is 9.70. The van der Waals surface area contributed by atoms with Crippen molar-refractivity contribution in [1.82, 2.24) is 30.2 Å². The smallest absolute Gasteiger partial charge is 0.257 e. The van der Waals surface area contributed by atoms with E-state index in [1.165, 1.54) is 7.05 Å². The van der Waals surface area contributed by atoms with Crippen LogP contribution in [0, 0.1) is 22.7 Å². The molecule has 1 aromatic heterocycles. The van der Waals surface area contributed by atoms with E-state index in [1.807, 2.05) is 65.6 Å². The minimum absolute atomic E-state index is 0.00911. The average Bonchev–Trinajstić information content (AvgIpc) is 3.37. The summed E-state index contributed by atoms with van der Waals surface area (Å²) in [5.74, 6) is -1.43. The molecule has 4 atom stereocenters. The second kappa shape index (κ2) is 12.9. The van der Waals surface area contributed by atoms with E-state index in [0.717, 1.165) is 17.5 Å². The summed E-state index contributed by atoms with van der Waals surface area (Å²) in [6, 6.07) is 18.6. The molecule has 3 aliphatic rings. The molecule has 3 aromatic rings. The topological polar surface area (TPSA) is 126 Å². The van der Waals surface area contributed by atoms with Gasteiger partial charge in [0.25, 0.3) is 5.91 Å². The van der Waals surface area contributed by atoms with Gasteiger partial charge in [-0.1, -0.05) is 74.5 Å². The first-order chi connectivity index (χ1) is 22.5. The Hall–Kier alpha value is -4.51. The van der Waals surface area contributed by atoms with Crippen LogP contribution in [-0.4, -0.2) is 88.6 Å². The van der Waals surface area contributed by atoms with E-state index in [9.17, 15) is 19.2 Å². The highest BCUT2D eigenvalue weighted by Crippen LogP contribution is 2.54. The number of hydrogen-bond donors (Lipinski definition) is 2. The maximum atomic E-state index is 14.1. The average molecular weight is 641 g/mol. The lowest BCUT2D eigenvalue weighted by Crippen LogP contribution is -2.65. The van der Waals surface area contributed by atoms with Crippen molar-refractivity contribution >= 4 is 23.6 Å². The molecule has 248 valence electrons. The van der Waals surface area contributed by atoms with Crippen LogP contribution in [0.3, 0.4) is 0 Å². The van der Waals surface area contributed by atoms with Gasteiger partial charge in [0, 0.05) is 50.8 Å². The van der Waals surface area contributed by atoms with Crippen molar-refractivity contribution in [2.24, 2.45) is 22.7 Å². The van der Waals surface area contributed by atoms with Crippen LogP contribution in [0.25, 0.3) is 0 Å². The fourth-order valence-electron chi connectivity index (χ4n) is 7.00. The van der Waals surface area contributed by atoms with Crippen LogP contribution >= 0.6 is 0 Å². The lowest BCUT2D eigenvalue weighted by Gasteiger charge is -2.50. The Labute approximate surface area is 275 Å². The molecule has 2 aliphatic heterocycles. The third kappa shape index (κ3) is 6.81. The second-order valence-electron chi connectivity index (χ2n) is 14.1. The molecule has 2 saturated heterocycles. The van der Waals surface area contributed by atoms with Gasteiger partial charge in [0.05, 0.1) is 36.9 Å². The maximum absolute atomic E-state index is 14.1. The quantitative estimate of drug-likeness (QED) is 0.332. The Morgan fingerprint density at radius 1 is 0.936 bits per heavy atom. The minimum atomic E-state index is -0.945. The number of hydrogen-bond acceptors (Lipinski definition) is 6. The third-order valence-corrected chi connectivity index (χ3v) is 10.1. The number of nitrogens with zero attached hydrogens (tertiary/aromatic N) is 4. The van der Waals surface area contributed by atoms with Gasteiger partial charge in [0.2, 0.25) is 17.7 Å². The van der Waals surface area contributed by atoms with Gasteiger partial charge in [-0.3, -0.25) is 23.9 Å². The number of ether oxygens (including phenoxy) is 1. The van der Waals surface area contributed by atoms with Gasteiger partial charge >= 0.3 is 0 Å². The zero-order chi connectivity index (χ0) is 33.3. The first-order valence-electron chi connectivity index (χ1n) is 16.3. The van der Waals surface area contributed by atoms with Crippen LogP contribution in [0.15, 0.2) is 73.1 Å². The van der Waals surface area contributed by atoms with Crippen molar-refractivity contribution in [3.05, 3.63) is 89.7 Å². The van der Waals surface area contributed by atoms with E-state index in [-0.39, 0.29) is 48.1 Å². The van der Waals surface area contributed by atoms with Crippen molar-refractivity contribution in [2.45, 2.75) is 52.5 Å². The molecular weight excluding hydrogens is 596 g/mol. The van der Waals surface area contributed by atoms with Crippen molar-refractivity contribution < 1.29 is 23.9 Å². The normalized spacial score (nSPS) is 21.9. The van der Waals surface area contributed by atoms with E-state index >= 15 is 0 Å². The Bertz CT molecular complexity index is 1620. The van der Waals surface area contributed by atoms with E-state index in [4.69, 9.17) is 4.74 Å². The lowest BCUT2D eigenvalue weighted by molar-refractivity contribution is -0.152. The summed E-state index contributed by atoms with van der Waals surface area (Å²) in [6.45, 7) is 8.04. The Balaban J connectivity index is 1.18. The first-order valence-corrected chi connectivity index (χ1v) is 16.3. The number of likely N-dealkylation sites (N-methyl/N-ethyl adjacent to an activating group) is 1. The highest BCUT2D eigenvalue weighted by atomic mass is 16.5. The van der Waals surface area contributed by atoms with E-state index in [0.29, 0.717) is 31.7 Å². The molecular formula is C36H44N6O5. The van der Waals surface area contributed by atoms with Gasteiger partial charge in [0.1, 0.15) is 6.04 Å². The molecule has 11 nitrogen and oxygen atoms in total. The molecule has 3 fully saturated rings. The summed E-state index contributed by atoms with van der Waals surface area (Å²) < 4.78 is 7.76. The number of aromatic nitrogens is 2. The van der Waals surface area contributed by atoms with Gasteiger partial charge < -0.3 is 25.2 Å². The van der Waals surface area contributed by atoms with Crippen LogP contribution in [0.1, 0.15) is 48.7 Å². The molecule has 3 heterocycles. The predicted octanol–water partition coefficient (Wildman–Crippen LogP) is 2.71. The van der Waals surface area contributed by atoms with Crippen molar-refractivity contribution in [3.8, 4) is 0 Å². The monoisotopic (exact) mass is 640 g/mol. The maximum Gasteiger partial charge on any atom is 0.257 e. The van der Waals surface area contributed by atoms with Crippen molar-refractivity contribution in [3.63, 3.8) is 0 Å². The molecule has 1 aliphatic carbocycles. The summed E-state index contributed by atoms with van der Waals surface area (Å²) in [4.78, 5) is 57.7. The molecule has 4 unspecified atom stereocenters. The Kier molecular flexibility index (Phi) is 8.93. The van der Waals surface area contributed by atoms with Crippen LogP contribution < -0.4 is 10.6 Å². The zero-order valence-corrected chi connectivity index (χ0v) is 27.5. The van der Waals surface area contributed by atoms with Gasteiger partial charge in [-0.25, -0.2) is 0 Å². The molecule has 1 saturated carbocycles. The van der Waals surface area contributed by atoms with Crippen molar-refractivity contribution in [1.29, 1.82) is 0 Å². The van der Waals surface area contributed by atoms with E-state index in [1.54, 1.807) is 28.9 Å². The number of nitrogens with one attached hydrogen (secondary N) is 2. The standard InChI is InChI=1S/C36H44N6O5/c1-24(47-20-26-13-9-6-10-14-26)30(32(44)37-4)39-31(43)29-19-40(21-36(29)22-41(23-36)34(46)28-15-35(28,2)3)33(45)27-16-38-42(18-27)17-25-11-7-5-8-12-25/h5-14,16,18,24,28-30H,15,17,19-23H2,1-4H3,(H,37,44)(H,39,43). The largest absolute Gasteiger partial charge is 0.371 e. The number of carbonyl (C=O) groups is 4. The Morgan fingerprint density at radius 3 is 2.17 bits per heavy atom. The summed E-state index contributed by atoms with van der Waals surface area (Å²) in [5.41, 5.74) is 1.84. The minimum Gasteiger partial charge on any atom is -0.371 e. The Morgan fingerprint density at radius 2 is 1.55 bits per heavy atom. The number of likely N-dealkylation sites (tertiary alicyclic amines) is 2. The summed E-state index contributed by atoms with van der Waals surface area (Å²) in [5, 5.41) is 10.0. The molecule has 1 spiro atoms. The molecule has 0 radical (unpaired) electrons. The fourth-order valence-corrected chi connectivity index (χ4v) is 7.00. The second-order valence-corrected chi connectivity index (χ2v) is 14.1. The molecule has 2 N–H and O–H groups in total. The molecule has 0 bridgehead atoms. The van der Waals surface area contributed by atoms with Gasteiger partial charge in [-0.15, -0.1) is 0 Å². The summed E-state index contributed by atoms with van der Waals surface area (Å²) in [6.07, 6.45) is 3.52. The molecule has 4 amide bonds. The molecule has 2 aromatic carbocycles. The van der Waals surface area contributed by atoms with Crippen LogP contribution in [-0.2, 0) is 32.3 Å². The summed E-state index contributed by atoms with van der Waals surface area (Å²) in [7, 11) is 1.52. The highest BCUT2D eigenvalue weighted by molar-refractivity contribution is 5.95. The number of benzene rings is 2. The zero-order valence-electron chi connectivity index (χ0n) is 27.5. The van der Waals surface area contributed by atoms with Crippen molar-refractivity contribution in [2.75, 3.05) is 33.2 Å². The summed E-state index contributed by atoms with van der Waals surface area (Å²) >= 11 is 0. The number of amides is 4. The van der Waals surface area contributed by atoms with Gasteiger partial charge in [-0.05, 0) is 29.9 Å². The SMILES string of the molecule is CNC(=O)C(NC(=O)C1CN(C(=O)c2cnn(Cc3ccccc3)c2)CC12CN(C(=O)C1CC1(C)C)C2)C(C)OCc1ccccc1. The highest BCUT2D eigenvalue weighted by Gasteiger charge is 2.62. The van der Waals surface area contributed by atoms with Crippen LogP contribution in [0.5, 0.6) is 0 Å². The van der Waals surface area contributed by atoms with E-state index < -0.39 is 23.5 Å². The third-order valence-electron chi connectivity index (χ3n) is 10.1. The molecule has 47 heavy (non-hydrogen) atoms. The van der Waals surface area contributed by atoms with E-state index in [2.05, 4.69) is 29.6 Å². The van der Waals surface area contributed by atoms with Gasteiger partial charge in [-0.2, -0.15) is 5.10 Å². The first kappa shape index (κ1) is 32.4. The number of carbonyl (C=O) groups excluding carboxylic acids is 4. The molecule has 11 heteroatoms. The van der Waals surface area contributed by atoms with Crippen LogP contribution in [0.4, 0.5) is 0 Å². The number of rotatable bonds is 11.